The largest absolute Gasteiger partial charge is 0.496 e. The van der Waals surface area contributed by atoms with Gasteiger partial charge in [-0.3, -0.25) is 0 Å². The lowest BCUT2D eigenvalue weighted by molar-refractivity contribution is 0.408. The second-order valence-corrected chi connectivity index (χ2v) is 4.10. The van der Waals surface area contributed by atoms with Gasteiger partial charge in [0, 0.05) is 0 Å². The Balaban J connectivity index is 2.49. The van der Waals surface area contributed by atoms with Gasteiger partial charge in [-0.2, -0.15) is 0 Å². The van der Waals surface area contributed by atoms with Crippen molar-refractivity contribution in [2.75, 3.05) is 7.11 Å². The molecule has 1 aromatic carbocycles. The van der Waals surface area contributed by atoms with Crippen molar-refractivity contribution >= 4 is 0 Å². The topological polar surface area (TPSA) is 9.23 Å². The average molecular weight is 192 g/mol. The molecule has 0 unspecified atom stereocenters. The molecule has 0 amide bonds. The van der Waals surface area contributed by atoms with Gasteiger partial charge in [-0.15, -0.1) is 0 Å². The van der Waals surface area contributed by atoms with E-state index in [1.165, 1.54) is 18.4 Å². The fourth-order valence-corrected chi connectivity index (χ4v) is 1.61. The van der Waals surface area contributed by atoms with Gasteiger partial charge in [-0.25, -0.2) is 0 Å². The SMILES string of the molecule is COc1ccccc1CCCC(C)C. The Kier molecular flexibility index (Phi) is 4.51. The van der Waals surface area contributed by atoms with Crippen molar-refractivity contribution in [1.82, 2.24) is 0 Å². The second kappa shape index (κ2) is 5.69. The highest BCUT2D eigenvalue weighted by Crippen LogP contribution is 2.20. The van der Waals surface area contributed by atoms with Crippen LogP contribution >= 0.6 is 0 Å². The lowest BCUT2D eigenvalue weighted by atomic mass is 10.0. The summed E-state index contributed by atoms with van der Waals surface area (Å²) in [6, 6.07) is 8.28. The third-order valence-corrected chi connectivity index (χ3v) is 2.42. The second-order valence-electron chi connectivity index (χ2n) is 4.10. The zero-order valence-electron chi connectivity index (χ0n) is 9.42. The fourth-order valence-electron chi connectivity index (χ4n) is 1.61. The first kappa shape index (κ1) is 11.1. The maximum atomic E-state index is 5.30. The summed E-state index contributed by atoms with van der Waals surface area (Å²) in [5.41, 5.74) is 1.33. The van der Waals surface area contributed by atoms with Gasteiger partial charge < -0.3 is 4.74 Å². The van der Waals surface area contributed by atoms with Gasteiger partial charge in [0.2, 0.25) is 0 Å². The average Bonchev–Trinajstić information content (AvgIpc) is 2.18. The molecule has 0 spiro atoms. The Labute approximate surface area is 87.1 Å². The van der Waals surface area contributed by atoms with Crippen molar-refractivity contribution in [2.45, 2.75) is 33.1 Å². The number of rotatable bonds is 5. The minimum absolute atomic E-state index is 0.796. The zero-order chi connectivity index (χ0) is 10.4. The molecule has 0 aliphatic carbocycles. The Bertz CT molecular complexity index is 266. The van der Waals surface area contributed by atoms with Gasteiger partial charge >= 0.3 is 0 Å². The number of benzene rings is 1. The molecule has 0 radical (unpaired) electrons. The Morgan fingerprint density at radius 2 is 1.93 bits per heavy atom. The van der Waals surface area contributed by atoms with Crippen LogP contribution in [-0.4, -0.2) is 7.11 Å². The minimum atomic E-state index is 0.796. The van der Waals surface area contributed by atoms with Crippen molar-refractivity contribution in [3.8, 4) is 5.75 Å². The third kappa shape index (κ3) is 3.41. The fraction of sp³-hybridized carbons (Fsp3) is 0.538. The number of ether oxygens (including phenoxy) is 1. The molecule has 0 aromatic heterocycles. The number of hydrogen-bond donors (Lipinski definition) is 0. The molecule has 1 rings (SSSR count). The van der Waals surface area contributed by atoms with E-state index in [4.69, 9.17) is 4.74 Å². The van der Waals surface area contributed by atoms with E-state index in [9.17, 15) is 0 Å². The molecular formula is C13H20O. The van der Waals surface area contributed by atoms with E-state index in [2.05, 4.69) is 26.0 Å². The first-order valence-electron chi connectivity index (χ1n) is 5.36. The summed E-state index contributed by atoms with van der Waals surface area (Å²) in [6.07, 6.45) is 3.66. The van der Waals surface area contributed by atoms with Crippen LogP contribution in [0.25, 0.3) is 0 Å². The Hall–Kier alpha value is -0.980. The highest BCUT2D eigenvalue weighted by Gasteiger charge is 2.01. The van der Waals surface area contributed by atoms with Crippen LogP contribution in [0.3, 0.4) is 0 Å². The summed E-state index contributed by atoms with van der Waals surface area (Å²) in [6.45, 7) is 4.53. The van der Waals surface area contributed by atoms with Crippen molar-refractivity contribution in [3.05, 3.63) is 29.8 Å². The zero-order valence-corrected chi connectivity index (χ0v) is 9.42. The smallest absolute Gasteiger partial charge is 0.122 e. The Morgan fingerprint density at radius 3 is 2.57 bits per heavy atom. The summed E-state index contributed by atoms with van der Waals surface area (Å²) < 4.78 is 5.30. The molecule has 0 saturated heterocycles. The molecule has 0 heterocycles. The molecule has 0 N–H and O–H groups in total. The standard InChI is InChI=1S/C13H20O/c1-11(2)7-6-9-12-8-4-5-10-13(12)14-3/h4-5,8,10-11H,6-7,9H2,1-3H3. The van der Waals surface area contributed by atoms with Crippen molar-refractivity contribution in [2.24, 2.45) is 5.92 Å². The molecule has 0 aliphatic rings. The van der Waals surface area contributed by atoms with Crippen molar-refractivity contribution in [1.29, 1.82) is 0 Å². The molecule has 1 aromatic rings. The van der Waals surface area contributed by atoms with Gasteiger partial charge in [0.05, 0.1) is 7.11 Å². The molecule has 0 aliphatic heterocycles. The van der Waals surface area contributed by atoms with Crippen LogP contribution < -0.4 is 4.74 Å². The lowest BCUT2D eigenvalue weighted by Crippen LogP contribution is -1.94. The van der Waals surface area contributed by atoms with E-state index in [-0.39, 0.29) is 0 Å². The van der Waals surface area contributed by atoms with Gasteiger partial charge in [-0.05, 0) is 30.4 Å². The predicted octanol–water partition coefficient (Wildman–Crippen LogP) is 3.67. The van der Waals surface area contributed by atoms with E-state index in [0.717, 1.165) is 18.1 Å². The van der Waals surface area contributed by atoms with Gasteiger partial charge in [0.1, 0.15) is 5.75 Å². The summed E-state index contributed by atoms with van der Waals surface area (Å²) in [7, 11) is 1.74. The Morgan fingerprint density at radius 1 is 1.21 bits per heavy atom. The van der Waals surface area contributed by atoms with E-state index >= 15 is 0 Å². The highest BCUT2D eigenvalue weighted by molar-refractivity contribution is 5.33. The van der Waals surface area contributed by atoms with Crippen molar-refractivity contribution < 1.29 is 4.74 Å². The van der Waals surface area contributed by atoms with Crippen LogP contribution in [0.4, 0.5) is 0 Å². The predicted molar refractivity (Wildman–Crippen MR) is 60.8 cm³/mol. The van der Waals surface area contributed by atoms with E-state index in [1.54, 1.807) is 7.11 Å². The van der Waals surface area contributed by atoms with Crippen LogP contribution in [0.5, 0.6) is 5.75 Å². The summed E-state index contributed by atoms with van der Waals surface area (Å²) in [5, 5.41) is 0. The molecule has 0 atom stereocenters. The van der Waals surface area contributed by atoms with Crippen molar-refractivity contribution in [3.63, 3.8) is 0 Å². The normalized spacial score (nSPS) is 10.6. The van der Waals surface area contributed by atoms with E-state index < -0.39 is 0 Å². The maximum Gasteiger partial charge on any atom is 0.122 e. The van der Waals surface area contributed by atoms with E-state index in [1.807, 2.05) is 12.1 Å². The number of hydrogen-bond acceptors (Lipinski definition) is 1. The van der Waals surface area contributed by atoms with Crippen LogP contribution in [-0.2, 0) is 6.42 Å². The molecular weight excluding hydrogens is 172 g/mol. The molecule has 78 valence electrons. The molecule has 0 bridgehead atoms. The number of para-hydroxylation sites is 1. The first-order valence-corrected chi connectivity index (χ1v) is 5.36. The van der Waals surface area contributed by atoms with Crippen LogP contribution in [0.2, 0.25) is 0 Å². The summed E-state index contributed by atoms with van der Waals surface area (Å²) in [5.74, 6) is 1.82. The van der Waals surface area contributed by atoms with E-state index in [0.29, 0.717) is 0 Å². The maximum absolute atomic E-state index is 5.30. The minimum Gasteiger partial charge on any atom is -0.496 e. The van der Waals surface area contributed by atoms with Gasteiger partial charge in [-0.1, -0.05) is 38.5 Å². The number of aryl methyl sites for hydroxylation is 1. The molecule has 0 saturated carbocycles. The van der Waals surface area contributed by atoms with Crippen LogP contribution in [0.1, 0.15) is 32.3 Å². The lowest BCUT2D eigenvalue weighted by Gasteiger charge is -2.08. The highest BCUT2D eigenvalue weighted by atomic mass is 16.5. The van der Waals surface area contributed by atoms with Crippen LogP contribution in [0.15, 0.2) is 24.3 Å². The summed E-state index contributed by atoms with van der Waals surface area (Å²) >= 11 is 0. The first-order chi connectivity index (χ1) is 6.74. The monoisotopic (exact) mass is 192 g/mol. The van der Waals surface area contributed by atoms with Gasteiger partial charge in [0.15, 0.2) is 0 Å². The molecule has 14 heavy (non-hydrogen) atoms. The summed E-state index contributed by atoms with van der Waals surface area (Å²) in [4.78, 5) is 0. The van der Waals surface area contributed by atoms with Crippen LogP contribution in [0, 0.1) is 5.92 Å². The molecule has 1 heteroatoms. The quantitative estimate of drug-likeness (QED) is 0.691. The number of methoxy groups -OCH3 is 1. The van der Waals surface area contributed by atoms with Gasteiger partial charge in [0.25, 0.3) is 0 Å². The molecule has 0 fully saturated rings. The third-order valence-electron chi connectivity index (χ3n) is 2.42. The molecule has 1 nitrogen and oxygen atoms in total.